The standard InChI is InChI=1S/C14H28N2O/c1-4-17-10-14(11(2)3)15-13-9-16-7-5-12(13)6-8-16/h11-15H,4-10H2,1-3H3. The van der Waals surface area contributed by atoms with Crippen LogP contribution in [0.4, 0.5) is 0 Å². The largest absolute Gasteiger partial charge is 0.380 e. The second-order valence-corrected chi connectivity index (χ2v) is 5.92. The second-order valence-electron chi connectivity index (χ2n) is 5.92. The molecule has 3 nitrogen and oxygen atoms in total. The number of rotatable bonds is 6. The van der Waals surface area contributed by atoms with E-state index in [-0.39, 0.29) is 0 Å². The van der Waals surface area contributed by atoms with Gasteiger partial charge in [-0.25, -0.2) is 0 Å². The number of hydrogen-bond acceptors (Lipinski definition) is 3. The summed E-state index contributed by atoms with van der Waals surface area (Å²) in [6.07, 6.45) is 2.77. The first-order valence-corrected chi connectivity index (χ1v) is 7.26. The molecule has 3 aliphatic rings. The Labute approximate surface area is 106 Å². The Kier molecular flexibility index (Phi) is 4.83. The lowest BCUT2D eigenvalue weighted by molar-refractivity contribution is 0.0451. The first-order valence-electron chi connectivity index (χ1n) is 7.26. The zero-order valence-corrected chi connectivity index (χ0v) is 11.6. The first kappa shape index (κ1) is 13.3. The summed E-state index contributed by atoms with van der Waals surface area (Å²) in [6.45, 7) is 12.2. The summed E-state index contributed by atoms with van der Waals surface area (Å²) in [7, 11) is 0. The van der Waals surface area contributed by atoms with E-state index < -0.39 is 0 Å². The lowest BCUT2D eigenvalue weighted by atomic mass is 9.83. The molecule has 0 radical (unpaired) electrons. The van der Waals surface area contributed by atoms with E-state index in [1.807, 2.05) is 0 Å². The van der Waals surface area contributed by atoms with E-state index >= 15 is 0 Å². The summed E-state index contributed by atoms with van der Waals surface area (Å²) < 4.78 is 5.60. The third-order valence-corrected chi connectivity index (χ3v) is 4.39. The van der Waals surface area contributed by atoms with Crippen LogP contribution in [0.1, 0.15) is 33.6 Å². The van der Waals surface area contributed by atoms with Gasteiger partial charge in [-0.3, -0.25) is 0 Å². The maximum absolute atomic E-state index is 5.60. The van der Waals surface area contributed by atoms with Crippen molar-refractivity contribution >= 4 is 0 Å². The average Bonchev–Trinajstić information content (AvgIpc) is 2.35. The fourth-order valence-corrected chi connectivity index (χ4v) is 3.11. The van der Waals surface area contributed by atoms with Gasteiger partial charge in [-0.05, 0) is 44.7 Å². The third kappa shape index (κ3) is 3.43. The van der Waals surface area contributed by atoms with Crippen molar-refractivity contribution in [3.63, 3.8) is 0 Å². The van der Waals surface area contributed by atoms with Crippen LogP contribution in [-0.2, 0) is 4.74 Å². The van der Waals surface area contributed by atoms with Gasteiger partial charge in [-0.15, -0.1) is 0 Å². The average molecular weight is 240 g/mol. The molecular weight excluding hydrogens is 212 g/mol. The summed E-state index contributed by atoms with van der Waals surface area (Å²) in [6, 6.07) is 1.21. The van der Waals surface area contributed by atoms with Gasteiger partial charge in [0.25, 0.3) is 0 Å². The van der Waals surface area contributed by atoms with Crippen LogP contribution in [0.15, 0.2) is 0 Å². The Balaban J connectivity index is 1.84. The van der Waals surface area contributed by atoms with Gasteiger partial charge in [-0.2, -0.15) is 0 Å². The Morgan fingerprint density at radius 3 is 2.47 bits per heavy atom. The normalized spacial score (nSPS) is 34.2. The van der Waals surface area contributed by atoms with E-state index in [1.54, 1.807) is 0 Å². The Morgan fingerprint density at radius 1 is 1.29 bits per heavy atom. The molecule has 0 aromatic carbocycles. The molecule has 3 heteroatoms. The predicted octanol–water partition coefficient (Wildman–Crippen LogP) is 1.73. The smallest absolute Gasteiger partial charge is 0.0622 e. The summed E-state index contributed by atoms with van der Waals surface area (Å²) in [5.41, 5.74) is 0. The highest BCUT2D eigenvalue weighted by Crippen LogP contribution is 2.28. The SMILES string of the molecule is CCOCC(NC1CN2CCC1CC2)C(C)C. The molecule has 17 heavy (non-hydrogen) atoms. The monoisotopic (exact) mass is 240 g/mol. The van der Waals surface area contributed by atoms with Crippen molar-refractivity contribution in [1.82, 2.24) is 10.2 Å². The van der Waals surface area contributed by atoms with Crippen LogP contribution in [0.5, 0.6) is 0 Å². The highest BCUT2D eigenvalue weighted by Gasteiger charge is 2.35. The van der Waals surface area contributed by atoms with Gasteiger partial charge in [-0.1, -0.05) is 13.8 Å². The number of fused-ring (bicyclic) bond motifs is 3. The lowest BCUT2D eigenvalue weighted by Crippen LogP contribution is -2.59. The Morgan fingerprint density at radius 2 is 2.00 bits per heavy atom. The summed E-state index contributed by atoms with van der Waals surface area (Å²) in [5.74, 6) is 1.56. The number of ether oxygens (including phenoxy) is 1. The molecular formula is C14H28N2O. The van der Waals surface area contributed by atoms with E-state index in [0.717, 1.165) is 19.1 Å². The lowest BCUT2D eigenvalue weighted by Gasteiger charge is -2.46. The molecule has 3 fully saturated rings. The maximum Gasteiger partial charge on any atom is 0.0622 e. The van der Waals surface area contributed by atoms with Crippen LogP contribution < -0.4 is 5.32 Å². The zero-order chi connectivity index (χ0) is 12.3. The summed E-state index contributed by atoms with van der Waals surface area (Å²) in [4.78, 5) is 2.61. The highest BCUT2D eigenvalue weighted by molar-refractivity contribution is 4.92. The van der Waals surface area contributed by atoms with Crippen LogP contribution in [-0.4, -0.2) is 49.8 Å². The number of nitrogens with zero attached hydrogens (tertiary/aromatic N) is 1. The van der Waals surface area contributed by atoms with E-state index in [9.17, 15) is 0 Å². The highest BCUT2D eigenvalue weighted by atomic mass is 16.5. The molecule has 100 valence electrons. The van der Waals surface area contributed by atoms with Crippen molar-refractivity contribution < 1.29 is 4.74 Å². The third-order valence-electron chi connectivity index (χ3n) is 4.39. The van der Waals surface area contributed by atoms with E-state index in [1.165, 1.54) is 32.5 Å². The maximum atomic E-state index is 5.60. The predicted molar refractivity (Wildman–Crippen MR) is 71.2 cm³/mol. The Hall–Kier alpha value is -0.120. The molecule has 2 atom stereocenters. The molecule has 1 N–H and O–H groups in total. The van der Waals surface area contributed by atoms with Gasteiger partial charge in [0.15, 0.2) is 0 Å². The van der Waals surface area contributed by atoms with Gasteiger partial charge in [0.05, 0.1) is 6.61 Å². The van der Waals surface area contributed by atoms with Crippen LogP contribution in [0.3, 0.4) is 0 Å². The fourth-order valence-electron chi connectivity index (χ4n) is 3.11. The molecule has 3 rings (SSSR count). The molecule has 3 saturated heterocycles. The first-order chi connectivity index (χ1) is 8.20. The number of piperidine rings is 3. The van der Waals surface area contributed by atoms with Crippen molar-refractivity contribution in [2.45, 2.75) is 45.7 Å². The second kappa shape index (κ2) is 6.17. The Bertz CT molecular complexity index is 224. The van der Waals surface area contributed by atoms with Gasteiger partial charge in [0.1, 0.15) is 0 Å². The summed E-state index contributed by atoms with van der Waals surface area (Å²) in [5, 5.41) is 3.85. The molecule has 2 unspecified atom stereocenters. The molecule has 0 aliphatic carbocycles. The van der Waals surface area contributed by atoms with Gasteiger partial charge in [0, 0.05) is 25.2 Å². The topological polar surface area (TPSA) is 24.5 Å². The van der Waals surface area contributed by atoms with Crippen molar-refractivity contribution in [2.24, 2.45) is 11.8 Å². The van der Waals surface area contributed by atoms with Gasteiger partial charge in [0.2, 0.25) is 0 Å². The van der Waals surface area contributed by atoms with Crippen LogP contribution in [0.2, 0.25) is 0 Å². The van der Waals surface area contributed by atoms with Crippen LogP contribution in [0.25, 0.3) is 0 Å². The molecule has 0 amide bonds. The minimum absolute atomic E-state index is 0.514. The molecule has 0 spiro atoms. The van der Waals surface area contributed by atoms with Crippen molar-refractivity contribution in [3.05, 3.63) is 0 Å². The molecule has 0 aromatic rings. The quantitative estimate of drug-likeness (QED) is 0.765. The molecule has 0 saturated carbocycles. The zero-order valence-electron chi connectivity index (χ0n) is 11.6. The fraction of sp³-hybridized carbons (Fsp3) is 1.00. The minimum atomic E-state index is 0.514. The van der Waals surface area contributed by atoms with Gasteiger partial charge >= 0.3 is 0 Å². The van der Waals surface area contributed by atoms with Crippen LogP contribution in [0, 0.1) is 11.8 Å². The molecule has 0 aromatic heterocycles. The van der Waals surface area contributed by atoms with E-state index in [2.05, 4.69) is 31.0 Å². The number of hydrogen-bond donors (Lipinski definition) is 1. The molecule has 3 aliphatic heterocycles. The molecule has 3 heterocycles. The van der Waals surface area contributed by atoms with Gasteiger partial charge < -0.3 is 15.0 Å². The van der Waals surface area contributed by atoms with Crippen LogP contribution >= 0.6 is 0 Å². The summed E-state index contributed by atoms with van der Waals surface area (Å²) >= 11 is 0. The van der Waals surface area contributed by atoms with E-state index in [4.69, 9.17) is 4.74 Å². The van der Waals surface area contributed by atoms with E-state index in [0.29, 0.717) is 18.0 Å². The number of nitrogens with one attached hydrogen (secondary N) is 1. The molecule has 2 bridgehead atoms. The van der Waals surface area contributed by atoms with Crippen molar-refractivity contribution in [3.8, 4) is 0 Å². The minimum Gasteiger partial charge on any atom is -0.380 e. The van der Waals surface area contributed by atoms with Crippen molar-refractivity contribution in [1.29, 1.82) is 0 Å². The van der Waals surface area contributed by atoms with Crippen molar-refractivity contribution in [2.75, 3.05) is 32.8 Å².